The fraction of sp³-hybridized carbons (Fsp3) is 0.300. The molecule has 1 amide bonds. The zero-order valence-corrected chi connectivity index (χ0v) is 14.8. The Morgan fingerprint density at radius 2 is 2.04 bits per heavy atom. The van der Waals surface area contributed by atoms with Crippen LogP contribution in [0.2, 0.25) is 0 Å². The first kappa shape index (κ1) is 16.6. The molecular weight excluding hydrogens is 326 g/mol. The molecule has 6 nitrogen and oxygen atoms in total. The standard InChI is InChI=1S/C20H23N5O/c1-12(14-6-7-14)24-19-17(20(22)26)10-23-25-11-16(8-18(19)25)15-4-2-13(9-21)3-5-15/h2-5,8,10-12,14,24H,6-7,9,21H2,1H3,(H2,22,26). The second-order valence-electron chi connectivity index (χ2n) is 7.03. The van der Waals surface area contributed by atoms with E-state index in [1.807, 2.05) is 36.5 Å². The number of benzene rings is 1. The van der Waals surface area contributed by atoms with Gasteiger partial charge in [0.2, 0.25) is 0 Å². The summed E-state index contributed by atoms with van der Waals surface area (Å²) in [4.78, 5) is 11.9. The summed E-state index contributed by atoms with van der Waals surface area (Å²) in [6, 6.07) is 10.5. The highest BCUT2D eigenvalue weighted by atomic mass is 16.1. The fourth-order valence-corrected chi connectivity index (χ4v) is 3.33. The van der Waals surface area contributed by atoms with Crippen molar-refractivity contribution >= 4 is 17.1 Å². The molecule has 6 heteroatoms. The minimum atomic E-state index is -0.472. The van der Waals surface area contributed by atoms with Crippen LogP contribution in [-0.2, 0) is 6.54 Å². The molecule has 1 unspecified atom stereocenters. The molecule has 3 aromatic rings. The van der Waals surface area contributed by atoms with E-state index in [0.717, 1.165) is 27.9 Å². The molecule has 1 aliphatic rings. The fourth-order valence-electron chi connectivity index (χ4n) is 3.33. The van der Waals surface area contributed by atoms with Gasteiger partial charge in [-0.3, -0.25) is 4.79 Å². The van der Waals surface area contributed by atoms with Crippen LogP contribution in [0.4, 0.5) is 5.69 Å². The Labute approximate surface area is 152 Å². The van der Waals surface area contributed by atoms with E-state index in [0.29, 0.717) is 24.1 Å². The Balaban J connectivity index is 1.79. The largest absolute Gasteiger partial charge is 0.380 e. The van der Waals surface area contributed by atoms with Gasteiger partial charge in [-0.2, -0.15) is 5.10 Å². The van der Waals surface area contributed by atoms with Crippen molar-refractivity contribution in [2.45, 2.75) is 32.4 Å². The van der Waals surface area contributed by atoms with Gasteiger partial charge in [-0.05, 0) is 42.9 Å². The lowest BCUT2D eigenvalue weighted by Gasteiger charge is -2.17. The van der Waals surface area contributed by atoms with Crippen molar-refractivity contribution in [1.29, 1.82) is 0 Å². The summed E-state index contributed by atoms with van der Waals surface area (Å²) >= 11 is 0. The van der Waals surface area contributed by atoms with Crippen molar-refractivity contribution in [1.82, 2.24) is 9.61 Å². The zero-order chi connectivity index (χ0) is 18.3. The van der Waals surface area contributed by atoms with E-state index in [-0.39, 0.29) is 0 Å². The third-order valence-corrected chi connectivity index (χ3v) is 5.13. The van der Waals surface area contributed by atoms with Crippen LogP contribution >= 0.6 is 0 Å². The molecule has 1 aromatic carbocycles. The summed E-state index contributed by atoms with van der Waals surface area (Å²) < 4.78 is 1.79. The van der Waals surface area contributed by atoms with Crippen LogP contribution in [0.15, 0.2) is 42.7 Å². The second-order valence-corrected chi connectivity index (χ2v) is 7.03. The van der Waals surface area contributed by atoms with Gasteiger partial charge in [-0.15, -0.1) is 0 Å². The molecule has 1 saturated carbocycles. The molecule has 4 rings (SSSR count). The molecule has 2 heterocycles. The highest BCUT2D eigenvalue weighted by Crippen LogP contribution is 2.36. The summed E-state index contributed by atoms with van der Waals surface area (Å²) in [6.45, 7) is 2.67. The Hall–Kier alpha value is -2.86. The van der Waals surface area contributed by atoms with Crippen molar-refractivity contribution in [3.8, 4) is 11.1 Å². The molecule has 1 aliphatic carbocycles. The number of aromatic nitrogens is 2. The van der Waals surface area contributed by atoms with Gasteiger partial charge in [-0.1, -0.05) is 24.3 Å². The summed E-state index contributed by atoms with van der Waals surface area (Å²) in [5.41, 5.74) is 16.5. The first-order valence-corrected chi connectivity index (χ1v) is 8.94. The van der Waals surface area contributed by atoms with Crippen LogP contribution in [0.3, 0.4) is 0 Å². The summed E-state index contributed by atoms with van der Waals surface area (Å²) in [5, 5.41) is 7.87. The van der Waals surface area contributed by atoms with Gasteiger partial charge in [0.25, 0.3) is 5.91 Å². The van der Waals surface area contributed by atoms with Crippen LogP contribution in [0.25, 0.3) is 16.6 Å². The number of primary amides is 1. The van der Waals surface area contributed by atoms with E-state index in [9.17, 15) is 4.79 Å². The number of rotatable bonds is 6. The Morgan fingerprint density at radius 1 is 1.31 bits per heavy atom. The molecule has 5 N–H and O–H groups in total. The number of amides is 1. The monoisotopic (exact) mass is 349 g/mol. The highest BCUT2D eigenvalue weighted by molar-refractivity contribution is 6.02. The number of carbonyl (C=O) groups is 1. The van der Waals surface area contributed by atoms with Crippen molar-refractivity contribution in [2.75, 3.05) is 5.32 Å². The highest BCUT2D eigenvalue weighted by Gasteiger charge is 2.29. The Kier molecular flexibility index (Phi) is 4.12. The molecule has 0 bridgehead atoms. The molecule has 1 atom stereocenters. The molecule has 0 radical (unpaired) electrons. The molecule has 0 spiro atoms. The lowest BCUT2D eigenvalue weighted by molar-refractivity contribution is 0.100. The van der Waals surface area contributed by atoms with Crippen molar-refractivity contribution in [2.24, 2.45) is 17.4 Å². The van der Waals surface area contributed by atoms with Crippen LogP contribution in [0.5, 0.6) is 0 Å². The number of anilines is 1. The zero-order valence-electron chi connectivity index (χ0n) is 14.8. The molecule has 1 fully saturated rings. The molecule has 0 saturated heterocycles. The van der Waals surface area contributed by atoms with Crippen LogP contribution in [-0.4, -0.2) is 21.6 Å². The van der Waals surface area contributed by atoms with Crippen molar-refractivity contribution in [3.05, 3.63) is 53.9 Å². The topological polar surface area (TPSA) is 98.4 Å². The third kappa shape index (κ3) is 3.04. The van der Waals surface area contributed by atoms with Crippen LogP contribution < -0.4 is 16.8 Å². The predicted molar refractivity (Wildman–Crippen MR) is 103 cm³/mol. The molecule has 2 aromatic heterocycles. The number of hydrogen-bond acceptors (Lipinski definition) is 4. The van der Waals surface area contributed by atoms with Gasteiger partial charge in [0.1, 0.15) is 0 Å². The second kappa shape index (κ2) is 6.46. The Morgan fingerprint density at radius 3 is 2.65 bits per heavy atom. The number of nitrogens with two attached hydrogens (primary N) is 2. The van der Waals surface area contributed by atoms with Crippen molar-refractivity contribution in [3.63, 3.8) is 0 Å². The van der Waals surface area contributed by atoms with Crippen LogP contribution in [0.1, 0.15) is 35.7 Å². The SMILES string of the molecule is CC(Nc1c(C(N)=O)cnn2cc(-c3ccc(CN)cc3)cc12)C1CC1. The third-order valence-electron chi connectivity index (χ3n) is 5.13. The average Bonchev–Trinajstić information content (AvgIpc) is 3.40. The maximum Gasteiger partial charge on any atom is 0.252 e. The number of hydrogen-bond donors (Lipinski definition) is 3. The van der Waals surface area contributed by atoms with E-state index in [1.54, 1.807) is 10.7 Å². The van der Waals surface area contributed by atoms with E-state index in [1.165, 1.54) is 12.8 Å². The Bertz CT molecular complexity index is 956. The average molecular weight is 349 g/mol. The summed E-state index contributed by atoms with van der Waals surface area (Å²) in [6.07, 6.45) is 5.95. The first-order valence-electron chi connectivity index (χ1n) is 8.94. The van der Waals surface area contributed by atoms with Gasteiger partial charge >= 0.3 is 0 Å². The molecular formula is C20H23N5O. The first-order chi connectivity index (χ1) is 12.6. The van der Waals surface area contributed by atoms with Gasteiger partial charge in [0, 0.05) is 24.3 Å². The molecule has 26 heavy (non-hydrogen) atoms. The number of fused-ring (bicyclic) bond motifs is 1. The quantitative estimate of drug-likeness (QED) is 0.637. The van der Waals surface area contributed by atoms with Gasteiger partial charge < -0.3 is 16.8 Å². The maximum atomic E-state index is 11.9. The minimum absolute atomic E-state index is 0.293. The lowest BCUT2D eigenvalue weighted by atomic mass is 10.1. The molecule has 134 valence electrons. The number of carbonyl (C=O) groups excluding carboxylic acids is 1. The lowest BCUT2D eigenvalue weighted by Crippen LogP contribution is -2.22. The van der Waals surface area contributed by atoms with Crippen molar-refractivity contribution < 1.29 is 4.79 Å². The normalized spacial score (nSPS) is 15.2. The number of nitrogens with one attached hydrogen (secondary N) is 1. The van der Waals surface area contributed by atoms with E-state index in [4.69, 9.17) is 11.5 Å². The molecule has 0 aliphatic heterocycles. The van der Waals surface area contributed by atoms with E-state index < -0.39 is 5.91 Å². The summed E-state index contributed by atoms with van der Waals surface area (Å²) in [7, 11) is 0. The summed E-state index contributed by atoms with van der Waals surface area (Å²) in [5.74, 6) is 0.183. The van der Waals surface area contributed by atoms with Crippen LogP contribution in [0, 0.1) is 5.92 Å². The smallest absolute Gasteiger partial charge is 0.252 e. The van der Waals surface area contributed by atoms with E-state index >= 15 is 0 Å². The van der Waals surface area contributed by atoms with Gasteiger partial charge in [-0.25, -0.2) is 4.52 Å². The van der Waals surface area contributed by atoms with E-state index in [2.05, 4.69) is 17.3 Å². The van der Waals surface area contributed by atoms with Gasteiger partial charge in [0.05, 0.1) is 23.0 Å². The maximum absolute atomic E-state index is 11.9. The minimum Gasteiger partial charge on any atom is -0.380 e. The predicted octanol–water partition coefficient (Wildman–Crippen LogP) is 2.77. The number of nitrogens with zero attached hydrogens (tertiary/aromatic N) is 2. The van der Waals surface area contributed by atoms with Gasteiger partial charge in [0.15, 0.2) is 0 Å².